The van der Waals surface area contributed by atoms with Gasteiger partial charge >= 0.3 is 0 Å². The zero-order valence-corrected chi connectivity index (χ0v) is 11.0. The Hall–Kier alpha value is -2.30. The summed E-state index contributed by atoms with van der Waals surface area (Å²) >= 11 is 0. The van der Waals surface area contributed by atoms with Gasteiger partial charge in [-0.1, -0.05) is 0 Å². The SMILES string of the molecule is Cc1oc(C)c(C(=O)Nc2cc(N)ccc2F)c1C. The van der Waals surface area contributed by atoms with Gasteiger partial charge in [-0.15, -0.1) is 0 Å². The largest absolute Gasteiger partial charge is 0.466 e. The molecule has 3 N–H and O–H groups in total. The van der Waals surface area contributed by atoms with E-state index in [2.05, 4.69) is 5.32 Å². The van der Waals surface area contributed by atoms with E-state index in [1.165, 1.54) is 18.2 Å². The molecule has 4 nitrogen and oxygen atoms in total. The number of aryl methyl sites for hydroxylation is 2. The number of nitrogens with one attached hydrogen (secondary N) is 1. The fraction of sp³-hybridized carbons (Fsp3) is 0.214. The van der Waals surface area contributed by atoms with Crippen molar-refractivity contribution in [3.63, 3.8) is 0 Å². The summed E-state index contributed by atoms with van der Waals surface area (Å²) in [5.74, 6) is 0.252. The lowest BCUT2D eigenvalue weighted by Crippen LogP contribution is -2.14. The molecule has 0 atom stereocenters. The van der Waals surface area contributed by atoms with Gasteiger partial charge in [-0.25, -0.2) is 4.39 Å². The number of halogens is 1. The van der Waals surface area contributed by atoms with E-state index in [1.807, 2.05) is 0 Å². The lowest BCUT2D eigenvalue weighted by atomic mass is 10.1. The van der Waals surface area contributed by atoms with Crippen molar-refractivity contribution >= 4 is 17.3 Å². The van der Waals surface area contributed by atoms with Gasteiger partial charge in [-0.05, 0) is 39.0 Å². The number of furan rings is 1. The van der Waals surface area contributed by atoms with Crippen molar-refractivity contribution in [3.05, 3.63) is 46.7 Å². The molecule has 0 fully saturated rings. The summed E-state index contributed by atoms with van der Waals surface area (Å²) in [6.07, 6.45) is 0. The molecule has 19 heavy (non-hydrogen) atoms. The highest BCUT2D eigenvalue weighted by Gasteiger charge is 2.19. The van der Waals surface area contributed by atoms with Crippen LogP contribution in [0.4, 0.5) is 15.8 Å². The molecular weight excluding hydrogens is 247 g/mol. The van der Waals surface area contributed by atoms with Gasteiger partial charge in [0.2, 0.25) is 0 Å². The molecule has 0 aliphatic heterocycles. The molecule has 1 aromatic heterocycles. The zero-order chi connectivity index (χ0) is 14.2. The van der Waals surface area contributed by atoms with Crippen LogP contribution in [0.1, 0.15) is 27.4 Å². The van der Waals surface area contributed by atoms with Crippen molar-refractivity contribution in [2.45, 2.75) is 20.8 Å². The fourth-order valence-corrected chi connectivity index (χ4v) is 1.95. The molecule has 0 radical (unpaired) electrons. The number of nitrogen functional groups attached to an aromatic ring is 1. The first kappa shape index (κ1) is 13.1. The molecule has 100 valence electrons. The molecule has 0 bridgehead atoms. The Morgan fingerprint density at radius 1 is 1.26 bits per heavy atom. The predicted octanol–water partition coefficient (Wildman–Crippen LogP) is 3.18. The number of anilines is 2. The topological polar surface area (TPSA) is 68.3 Å². The summed E-state index contributed by atoms with van der Waals surface area (Å²) in [7, 11) is 0. The molecule has 0 aliphatic rings. The minimum Gasteiger partial charge on any atom is -0.466 e. The Morgan fingerprint density at radius 3 is 2.53 bits per heavy atom. The number of hydrogen-bond donors (Lipinski definition) is 2. The van der Waals surface area contributed by atoms with E-state index in [9.17, 15) is 9.18 Å². The number of nitrogens with two attached hydrogens (primary N) is 1. The summed E-state index contributed by atoms with van der Waals surface area (Å²) in [6.45, 7) is 5.27. The molecule has 2 aromatic rings. The summed E-state index contributed by atoms with van der Waals surface area (Å²) < 4.78 is 18.9. The summed E-state index contributed by atoms with van der Waals surface area (Å²) in [5, 5.41) is 2.51. The first-order valence-corrected chi connectivity index (χ1v) is 5.83. The second kappa shape index (κ2) is 4.76. The second-order valence-corrected chi connectivity index (χ2v) is 4.41. The fourth-order valence-electron chi connectivity index (χ4n) is 1.95. The summed E-state index contributed by atoms with van der Waals surface area (Å²) in [5.41, 5.74) is 7.19. The maximum absolute atomic E-state index is 13.6. The van der Waals surface area contributed by atoms with Gasteiger partial charge in [0.25, 0.3) is 5.91 Å². The Labute approximate surface area is 110 Å². The maximum atomic E-state index is 13.6. The van der Waals surface area contributed by atoms with E-state index in [0.717, 1.165) is 5.56 Å². The molecular formula is C14H15FN2O2. The van der Waals surface area contributed by atoms with Crippen molar-refractivity contribution in [1.29, 1.82) is 0 Å². The summed E-state index contributed by atoms with van der Waals surface area (Å²) in [4.78, 5) is 12.2. The minimum absolute atomic E-state index is 0.0580. The van der Waals surface area contributed by atoms with Crippen LogP contribution >= 0.6 is 0 Å². The summed E-state index contributed by atoms with van der Waals surface area (Å²) in [6, 6.07) is 4.03. The molecule has 0 saturated heterocycles. The van der Waals surface area contributed by atoms with Crippen molar-refractivity contribution in [3.8, 4) is 0 Å². The van der Waals surface area contributed by atoms with Crippen molar-refractivity contribution in [1.82, 2.24) is 0 Å². The van der Waals surface area contributed by atoms with Crippen LogP contribution in [0.15, 0.2) is 22.6 Å². The smallest absolute Gasteiger partial charge is 0.259 e. The average Bonchev–Trinajstić information content (AvgIpc) is 2.58. The Kier molecular flexibility index (Phi) is 3.29. The average molecular weight is 262 g/mol. The van der Waals surface area contributed by atoms with E-state index < -0.39 is 11.7 Å². The van der Waals surface area contributed by atoms with E-state index in [1.54, 1.807) is 20.8 Å². The molecule has 1 heterocycles. The Bertz CT molecular complexity index is 647. The molecule has 5 heteroatoms. The van der Waals surface area contributed by atoms with Crippen LogP contribution in [-0.2, 0) is 0 Å². The molecule has 0 spiro atoms. The van der Waals surface area contributed by atoms with Crippen LogP contribution < -0.4 is 11.1 Å². The second-order valence-electron chi connectivity index (χ2n) is 4.41. The lowest BCUT2D eigenvalue weighted by molar-refractivity contribution is 0.102. The molecule has 1 aromatic carbocycles. The van der Waals surface area contributed by atoms with Gasteiger partial charge < -0.3 is 15.5 Å². The van der Waals surface area contributed by atoms with Gasteiger partial charge in [0.1, 0.15) is 17.3 Å². The van der Waals surface area contributed by atoms with Crippen molar-refractivity contribution in [2.24, 2.45) is 0 Å². The molecule has 0 aliphatic carbocycles. The van der Waals surface area contributed by atoms with Crippen LogP contribution in [0.25, 0.3) is 0 Å². The first-order chi connectivity index (χ1) is 8.90. The van der Waals surface area contributed by atoms with Crippen LogP contribution in [0.3, 0.4) is 0 Å². The highest BCUT2D eigenvalue weighted by molar-refractivity contribution is 6.06. The minimum atomic E-state index is -0.530. The van der Waals surface area contributed by atoms with Gasteiger partial charge in [0.05, 0.1) is 11.3 Å². The van der Waals surface area contributed by atoms with Crippen LogP contribution in [0.5, 0.6) is 0 Å². The van der Waals surface area contributed by atoms with E-state index in [4.69, 9.17) is 10.2 Å². The number of benzene rings is 1. The van der Waals surface area contributed by atoms with Gasteiger partial charge in [0.15, 0.2) is 0 Å². The van der Waals surface area contributed by atoms with E-state index >= 15 is 0 Å². The Morgan fingerprint density at radius 2 is 1.95 bits per heavy atom. The van der Waals surface area contributed by atoms with E-state index in [0.29, 0.717) is 22.8 Å². The van der Waals surface area contributed by atoms with Crippen LogP contribution in [0, 0.1) is 26.6 Å². The molecule has 1 amide bonds. The normalized spacial score (nSPS) is 10.5. The van der Waals surface area contributed by atoms with Gasteiger partial charge in [-0.2, -0.15) is 0 Å². The third kappa shape index (κ3) is 2.45. The standard InChI is InChI=1S/C14H15FN2O2/c1-7-8(2)19-9(3)13(7)14(18)17-12-6-10(16)4-5-11(12)15/h4-6H,16H2,1-3H3,(H,17,18). The van der Waals surface area contributed by atoms with Gasteiger partial charge in [-0.3, -0.25) is 4.79 Å². The number of carbonyl (C=O) groups excluding carboxylic acids is 1. The van der Waals surface area contributed by atoms with Crippen LogP contribution in [0.2, 0.25) is 0 Å². The molecule has 0 unspecified atom stereocenters. The maximum Gasteiger partial charge on any atom is 0.259 e. The highest BCUT2D eigenvalue weighted by Crippen LogP contribution is 2.23. The number of hydrogen-bond acceptors (Lipinski definition) is 3. The lowest BCUT2D eigenvalue weighted by Gasteiger charge is -2.07. The monoisotopic (exact) mass is 262 g/mol. The molecule has 0 saturated carbocycles. The van der Waals surface area contributed by atoms with E-state index in [-0.39, 0.29) is 5.69 Å². The van der Waals surface area contributed by atoms with Crippen molar-refractivity contribution < 1.29 is 13.6 Å². The van der Waals surface area contributed by atoms with Crippen molar-refractivity contribution in [2.75, 3.05) is 11.1 Å². The first-order valence-electron chi connectivity index (χ1n) is 5.83. The number of carbonyl (C=O) groups is 1. The predicted molar refractivity (Wildman–Crippen MR) is 71.7 cm³/mol. The zero-order valence-electron chi connectivity index (χ0n) is 11.0. The highest BCUT2D eigenvalue weighted by atomic mass is 19.1. The number of rotatable bonds is 2. The van der Waals surface area contributed by atoms with Crippen LogP contribution in [-0.4, -0.2) is 5.91 Å². The Balaban J connectivity index is 2.33. The quantitative estimate of drug-likeness (QED) is 0.817. The molecule has 2 rings (SSSR count). The third-order valence-corrected chi connectivity index (χ3v) is 3.03. The van der Waals surface area contributed by atoms with Gasteiger partial charge in [0, 0.05) is 11.3 Å². The number of amides is 1. The third-order valence-electron chi connectivity index (χ3n) is 3.03.